The third-order valence-corrected chi connectivity index (χ3v) is 2.39. The summed E-state index contributed by atoms with van der Waals surface area (Å²) >= 11 is 0. The predicted octanol–water partition coefficient (Wildman–Crippen LogP) is -1.57. The first-order valence-electron chi connectivity index (χ1n) is 5.11. The largest absolute Gasteiger partial charge is 1.00 e. The van der Waals surface area contributed by atoms with Gasteiger partial charge >= 0.3 is 5.96 Å². The van der Waals surface area contributed by atoms with Crippen LogP contribution >= 0.6 is 0 Å². The van der Waals surface area contributed by atoms with Gasteiger partial charge in [-0.2, -0.15) is 0 Å². The van der Waals surface area contributed by atoms with Crippen LogP contribution in [0.5, 0.6) is 0 Å². The molecule has 0 spiro atoms. The van der Waals surface area contributed by atoms with Crippen LogP contribution < -0.4 is 23.0 Å². The van der Waals surface area contributed by atoms with Crippen molar-refractivity contribution in [1.82, 2.24) is 0 Å². The van der Waals surface area contributed by atoms with Gasteiger partial charge in [-0.15, -0.1) is 0 Å². The van der Waals surface area contributed by atoms with E-state index in [1.165, 1.54) is 0 Å². The van der Waals surface area contributed by atoms with Gasteiger partial charge in [-0.05, 0) is 24.3 Å². The maximum Gasteiger partial charge on any atom is 0.300 e. The normalized spacial score (nSPS) is 9.71. The van der Waals surface area contributed by atoms with E-state index in [9.17, 15) is 0 Å². The first-order valence-corrected chi connectivity index (χ1v) is 5.11. The van der Waals surface area contributed by atoms with Crippen molar-refractivity contribution in [3.8, 4) is 0 Å². The minimum atomic E-state index is 0. The van der Waals surface area contributed by atoms with Crippen LogP contribution in [0, 0.1) is 5.41 Å². The molecule has 4 heteroatoms. The van der Waals surface area contributed by atoms with Crippen LogP contribution in [0.15, 0.2) is 60.7 Å². The van der Waals surface area contributed by atoms with Crippen LogP contribution in [0.3, 0.4) is 0 Å². The summed E-state index contributed by atoms with van der Waals surface area (Å²) < 4.78 is 0. The monoisotopic (exact) mass is 247 g/mol. The van der Waals surface area contributed by atoms with Crippen LogP contribution in [-0.4, -0.2) is 5.96 Å². The van der Waals surface area contributed by atoms with Gasteiger partial charge in [0.2, 0.25) is 0 Å². The van der Waals surface area contributed by atoms with Gasteiger partial charge in [0.25, 0.3) is 0 Å². The second-order valence-electron chi connectivity index (χ2n) is 3.52. The van der Waals surface area contributed by atoms with Gasteiger partial charge in [-0.1, -0.05) is 36.4 Å². The zero-order chi connectivity index (χ0) is 11.4. The Labute approximate surface area is 107 Å². The molecule has 2 aromatic rings. The maximum atomic E-state index is 7.67. The Morgan fingerprint density at radius 2 is 1.18 bits per heavy atom. The minimum Gasteiger partial charge on any atom is -1.00 e. The van der Waals surface area contributed by atoms with Gasteiger partial charge in [-0.3, -0.25) is 0 Å². The average molecular weight is 248 g/mol. The van der Waals surface area contributed by atoms with Crippen molar-refractivity contribution in [2.24, 2.45) is 5.73 Å². The first-order chi connectivity index (χ1) is 7.79. The van der Waals surface area contributed by atoms with Gasteiger partial charge in [0.15, 0.2) is 0 Å². The van der Waals surface area contributed by atoms with Gasteiger partial charge in [0.05, 0.1) is 0 Å². The van der Waals surface area contributed by atoms with Crippen LogP contribution in [0.1, 0.15) is 0 Å². The summed E-state index contributed by atoms with van der Waals surface area (Å²) in [6.45, 7) is 0. The van der Waals surface area contributed by atoms with E-state index in [0.29, 0.717) is 0 Å². The Balaban J connectivity index is 0.00000144. The summed E-state index contributed by atoms with van der Waals surface area (Å²) in [7, 11) is 0. The third kappa shape index (κ3) is 3.06. The fourth-order valence-electron chi connectivity index (χ4n) is 1.69. The number of para-hydroxylation sites is 2. The van der Waals surface area contributed by atoms with E-state index < -0.39 is 0 Å². The molecular weight excluding hydrogens is 234 g/mol. The summed E-state index contributed by atoms with van der Waals surface area (Å²) in [5, 5.41) is 7.67. The van der Waals surface area contributed by atoms with Crippen molar-refractivity contribution in [2.75, 3.05) is 0 Å². The number of hydrogen-bond acceptors (Lipinski definition) is 1. The molecule has 0 amide bonds. The Morgan fingerprint density at radius 3 is 1.47 bits per heavy atom. The SMILES string of the molecule is N=C(N)[NH+](c1ccccc1)c1ccccc1.[Cl-]. The van der Waals surface area contributed by atoms with Crippen LogP contribution in [0.2, 0.25) is 0 Å². The second-order valence-corrected chi connectivity index (χ2v) is 3.52. The van der Waals surface area contributed by atoms with Gasteiger partial charge in [0, 0.05) is 0 Å². The molecule has 0 radical (unpaired) electrons. The van der Waals surface area contributed by atoms with E-state index in [2.05, 4.69) is 0 Å². The smallest absolute Gasteiger partial charge is 0.300 e. The summed E-state index contributed by atoms with van der Waals surface area (Å²) in [5.74, 6) is 0.0948. The van der Waals surface area contributed by atoms with E-state index in [1.807, 2.05) is 60.7 Å². The molecule has 2 aromatic carbocycles. The summed E-state index contributed by atoms with van der Waals surface area (Å²) in [6.07, 6.45) is 0. The lowest BCUT2D eigenvalue weighted by molar-refractivity contribution is -0.653. The topological polar surface area (TPSA) is 54.3 Å². The number of halogens is 1. The van der Waals surface area contributed by atoms with Crippen molar-refractivity contribution in [2.45, 2.75) is 0 Å². The van der Waals surface area contributed by atoms with Crippen LogP contribution in [0.25, 0.3) is 0 Å². The highest BCUT2D eigenvalue weighted by molar-refractivity contribution is 5.71. The van der Waals surface area contributed by atoms with E-state index in [0.717, 1.165) is 16.3 Å². The zero-order valence-corrected chi connectivity index (χ0v) is 9.98. The van der Waals surface area contributed by atoms with Crippen molar-refractivity contribution >= 4 is 17.3 Å². The molecule has 3 nitrogen and oxygen atoms in total. The van der Waals surface area contributed by atoms with E-state index in [1.54, 1.807) is 0 Å². The lowest BCUT2D eigenvalue weighted by atomic mass is 10.2. The van der Waals surface area contributed by atoms with E-state index >= 15 is 0 Å². The van der Waals surface area contributed by atoms with Gasteiger partial charge < -0.3 is 18.1 Å². The molecule has 0 saturated carbocycles. The zero-order valence-electron chi connectivity index (χ0n) is 9.23. The lowest BCUT2D eigenvalue weighted by Gasteiger charge is -2.15. The van der Waals surface area contributed by atoms with Crippen LogP contribution in [0.4, 0.5) is 11.4 Å². The number of hydrogen-bond donors (Lipinski definition) is 3. The molecule has 0 bridgehead atoms. The summed E-state index contributed by atoms with van der Waals surface area (Å²) in [4.78, 5) is 0.779. The predicted molar refractivity (Wildman–Crippen MR) is 65.1 cm³/mol. The van der Waals surface area contributed by atoms with Crippen molar-refractivity contribution in [1.29, 1.82) is 5.41 Å². The number of rotatable bonds is 2. The summed E-state index contributed by atoms with van der Waals surface area (Å²) in [6, 6.07) is 19.5. The van der Waals surface area contributed by atoms with Crippen molar-refractivity contribution in [3.05, 3.63) is 60.7 Å². The molecule has 0 aliphatic heterocycles. The Kier molecular flexibility index (Phi) is 4.69. The van der Waals surface area contributed by atoms with Crippen molar-refractivity contribution in [3.63, 3.8) is 0 Å². The number of guanidine groups is 1. The number of nitrogens with one attached hydrogen (secondary N) is 2. The highest BCUT2D eigenvalue weighted by atomic mass is 35.5. The summed E-state index contributed by atoms with van der Waals surface area (Å²) in [5.41, 5.74) is 7.59. The molecule has 2 rings (SSSR count). The molecule has 0 aliphatic rings. The molecule has 0 aromatic heterocycles. The van der Waals surface area contributed by atoms with Crippen molar-refractivity contribution < 1.29 is 17.3 Å². The van der Waals surface area contributed by atoms with Gasteiger partial charge in [0.1, 0.15) is 11.4 Å². The van der Waals surface area contributed by atoms with Crippen LogP contribution in [-0.2, 0) is 0 Å². The molecular formula is C13H14ClN3. The minimum absolute atomic E-state index is 0. The van der Waals surface area contributed by atoms with Gasteiger partial charge in [-0.25, -0.2) is 10.3 Å². The molecule has 0 aliphatic carbocycles. The number of quaternary nitrogens is 1. The quantitative estimate of drug-likeness (QED) is 0.436. The second kappa shape index (κ2) is 6.03. The Bertz CT molecular complexity index is 431. The third-order valence-electron chi connectivity index (χ3n) is 2.39. The molecule has 4 N–H and O–H groups in total. The standard InChI is InChI=1S/C13H13N3.ClH/c14-13(15)16(11-7-3-1-4-8-11)12-9-5-2-6-10-12;/h1-10H,(H3,14,15);1H. The highest BCUT2D eigenvalue weighted by Crippen LogP contribution is 2.06. The highest BCUT2D eigenvalue weighted by Gasteiger charge is 2.18. The molecule has 0 fully saturated rings. The molecule has 17 heavy (non-hydrogen) atoms. The Morgan fingerprint density at radius 1 is 0.824 bits per heavy atom. The number of nitrogens with two attached hydrogens (primary N) is 1. The first kappa shape index (κ1) is 13.2. The number of benzene rings is 2. The molecule has 0 heterocycles. The van der Waals surface area contributed by atoms with E-state index in [-0.39, 0.29) is 18.4 Å². The lowest BCUT2D eigenvalue weighted by Crippen LogP contribution is -3.07. The molecule has 0 saturated heterocycles. The molecule has 0 unspecified atom stereocenters. The average Bonchev–Trinajstić information content (AvgIpc) is 2.31. The maximum absolute atomic E-state index is 7.67. The fourth-order valence-corrected chi connectivity index (χ4v) is 1.69. The molecule has 88 valence electrons. The van der Waals surface area contributed by atoms with E-state index in [4.69, 9.17) is 11.1 Å². The molecule has 0 atom stereocenters. The fraction of sp³-hybridized carbons (Fsp3) is 0. The Hall–Kier alpha value is -1.84.